The molecule has 2 nitrogen and oxygen atoms in total. The number of aliphatic hydroxyl groups is 1. The Morgan fingerprint density at radius 3 is 2.60 bits per heavy atom. The number of benzene rings is 1. The summed E-state index contributed by atoms with van der Waals surface area (Å²) in [6.45, 7) is 2.68. The van der Waals surface area contributed by atoms with Crippen LogP contribution < -0.4 is 0 Å². The van der Waals surface area contributed by atoms with Gasteiger partial charge in [-0.2, -0.15) is 0 Å². The average Bonchev–Trinajstić information content (AvgIpc) is 2.24. The Bertz CT molecular complexity index is 302. The third-order valence-electron chi connectivity index (χ3n) is 3.20. The Kier molecular flexibility index (Phi) is 3.08. The number of hydrogen-bond donors (Lipinski definition) is 1. The van der Waals surface area contributed by atoms with Gasteiger partial charge in [0.25, 0.3) is 0 Å². The van der Waals surface area contributed by atoms with Gasteiger partial charge in [-0.1, -0.05) is 37.3 Å². The van der Waals surface area contributed by atoms with E-state index in [1.807, 2.05) is 25.1 Å². The maximum atomic E-state index is 9.81. The van der Waals surface area contributed by atoms with Gasteiger partial charge in [0.05, 0.1) is 18.3 Å². The third-order valence-corrected chi connectivity index (χ3v) is 3.20. The maximum absolute atomic E-state index is 9.81. The smallest absolute Gasteiger partial charge is 0.0720 e. The van der Waals surface area contributed by atoms with Crippen molar-refractivity contribution < 1.29 is 9.84 Å². The molecule has 1 aliphatic carbocycles. The van der Waals surface area contributed by atoms with Gasteiger partial charge in [-0.25, -0.2) is 0 Å². The van der Waals surface area contributed by atoms with Gasteiger partial charge in [0.1, 0.15) is 0 Å². The number of ether oxygens (including phenoxy) is 1. The van der Waals surface area contributed by atoms with Crippen molar-refractivity contribution in [3.63, 3.8) is 0 Å². The molecule has 1 aromatic rings. The SMILES string of the molecule is CCC1(O)CC(OCc2ccccc2)C1. The molecular formula is C13H18O2. The minimum Gasteiger partial charge on any atom is -0.390 e. The summed E-state index contributed by atoms with van der Waals surface area (Å²) >= 11 is 0. The van der Waals surface area contributed by atoms with Gasteiger partial charge in [0, 0.05) is 12.8 Å². The summed E-state index contributed by atoms with van der Waals surface area (Å²) in [6.07, 6.45) is 2.65. The van der Waals surface area contributed by atoms with Crippen LogP contribution in [0, 0.1) is 0 Å². The second-order valence-electron chi connectivity index (χ2n) is 4.40. The Labute approximate surface area is 90.9 Å². The van der Waals surface area contributed by atoms with Gasteiger partial charge in [-0.05, 0) is 12.0 Å². The van der Waals surface area contributed by atoms with Crippen LogP contribution in [0.15, 0.2) is 30.3 Å². The van der Waals surface area contributed by atoms with Crippen LogP contribution >= 0.6 is 0 Å². The van der Waals surface area contributed by atoms with Crippen molar-refractivity contribution >= 4 is 0 Å². The summed E-state index contributed by atoms with van der Waals surface area (Å²) < 4.78 is 5.70. The molecular weight excluding hydrogens is 188 g/mol. The summed E-state index contributed by atoms with van der Waals surface area (Å²) in [4.78, 5) is 0. The van der Waals surface area contributed by atoms with Crippen molar-refractivity contribution in [2.45, 2.75) is 44.5 Å². The fourth-order valence-corrected chi connectivity index (χ4v) is 1.98. The van der Waals surface area contributed by atoms with E-state index in [9.17, 15) is 5.11 Å². The lowest BCUT2D eigenvalue weighted by atomic mass is 9.76. The van der Waals surface area contributed by atoms with Crippen LogP contribution in [0.3, 0.4) is 0 Å². The summed E-state index contributed by atoms with van der Waals surface area (Å²) in [5.74, 6) is 0. The lowest BCUT2D eigenvalue weighted by molar-refractivity contribution is -0.145. The molecule has 0 atom stereocenters. The zero-order chi connectivity index (χ0) is 10.7. The normalized spacial score (nSPS) is 29.9. The largest absolute Gasteiger partial charge is 0.390 e. The highest BCUT2D eigenvalue weighted by Gasteiger charge is 2.41. The van der Waals surface area contributed by atoms with Crippen LogP contribution in [0.25, 0.3) is 0 Å². The Morgan fingerprint density at radius 2 is 2.00 bits per heavy atom. The fourth-order valence-electron chi connectivity index (χ4n) is 1.98. The molecule has 1 fully saturated rings. The summed E-state index contributed by atoms with van der Waals surface area (Å²) in [5.41, 5.74) is 0.755. The molecule has 1 N–H and O–H groups in total. The summed E-state index contributed by atoms with van der Waals surface area (Å²) in [6, 6.07) is 10.2. The van der Waals surface area contributed by atoms with E-state index >= 15 is 0 Å². The van der Waals surface area contributed by atoms with Gasteiger partial charge in [-0.3, -0.25) is 0 Å². The number of hydrogen-bond acceptors (Lipinski definition) is 2. The van der Waals surface area contributed by atoms with Crippen molar-refractivity contribution in [2.24, 2.45) is 0 Å². The molecule has 82 valence electrons. The first-order valence-electron chi connectivity index (χ1n) is 5.60. The van der Waals surface area contributed by atoms with Crippen LogP contribution in [0.1, 0.15) is 31.7 Å². The second kappa shape index (κ2) is 4.33. The highest BCUT2D eigenvalue weighted by atomic mass is 16.5. The Morgan fingerprint density at radius 1 is 1.33 bits per heavy atom. The molecule has 0 heterocycles. The average molecular weight is 206 g/mol. The molecule has 0 bridgehead atoms. The minimum atomic E-state index is -0.443. The van der Waals surface area contributed by atoms with E-state index in [-0.39, 0.29) is 6.10 Å². The highest BCUT2D eigenvalue weighted by Crippen LogP contribution is 2.37. The topological polar surface area (TPSA) is 29.5 Å². The van der Waals surface area contributed by atoms with Crippen LogP contribution in [-0.2, 0) is 11.3 Å². The maximum Gasteiger partial charge on any atom is 0.0720 e. The van der Waals surface area contributed by atoms with E-state index < -0.39 is 5.60 Å². The van der Waals surface area contributed by atoms with Gasteiger partial charge < -0.3 is 9.84 Å². The second-order valence-corrected chi connectivity index (χ2v) is 4.40. The first kappa shape index (κ1) is 10.7. The van der Waals surface area contributed by atoms with Gasteiger partial charge in [0.15, 0.2) is 0 Å². The molecule has 0 aromatic heterocycles. The summed E-state index contributed by atoms with van der Waals surface area (Å²) in [7, 11) is 0. The fraction of sp³-hybridized carbons (Fsp3) is 0.538. The Balaban J connectivity index is 1.73. The Hall–Kier alpha value is -0.860. The van der Waals surface area contributed by atoms with Crippen molar-refractivity contribution in [2.75, 3.05) is 0 Å². The van der Waals surface area contributed by atoms with Crippen LogP contribution in [-0.4, -0.2) is 16.8 Å². The van der Waals surface area contributed by atoms with Crippen LogP contribution in [0.5, 0.6) is 0 Å². The lowest BCUT2D eigenvalue weighted by Gasteiger charge is -2.42. The van der Waals surface area contributed by atoms with E-state index in [1.165, 1.54) is 5.56 Å². The molecule has 0 radical (unpaired) electrons. The van der Waals surface area contributed by atoms with E-state index in [2.05, 4.69) is 12.1 Å². The van der Waals surface area contributed by atoms with E-state index in [4.69, 9.17) is 4.74 Å². The van der Waals surface area contributed by atoms with Crippen LogP contribution in [0.4, 0.5) is 0 Å². The molecule has 0 amide bonds. The van der Waals surface area contributed by atoms with E-state index in [0.717, 1.165) is 19.3 Å². The monoisotopic (exact) mass is 206 g/mol. The molecule has 0 spiro atoms. The van der Waals surface area contributed by atoms with E-state index in [1.54, 1.807) is 0 Å². The molecule has 2 heteroatoms. The molecule has 1 saturated carbocycles. The van der Waals surface area contributed by atoms with Gasteiger partial charge in [0.2, 0.25) is 0 Å². The molecule has 2 rings (SSSR count). The zero-order valence-electron chi connectivity index (χ0n) is 9.15. The van der Waals surface area contributed by atoms with E-state index in [0.29, 0.717) is 6.61 Å². The molecule has 1 aromatic carbocycles. The van der Waals surface area contributed by atoms with Crippen molar-refractivity contribution in [3.05, 3.63) is 35.9 Å². The summed E-state index contributed by atoms with van der Waals surface area (Å²) in [5, 5.41) is 9.81. The third kappa shape index (κ3) is 2.58. The van der Waals surface area contributed by atoms with Crippen molar-refractivity contribution in [1.82, 2.24) is 0 Å². The van der Waals surface area contributed by atoms with Crippen LogP contribution in [0.2, 0.25) is 0 Å². The number of rotatable bonds is 4. The molecule has 0 unspecified atom stereocenters. The predicted molar refractivity (Wildman–Crippen MR) is 59.5 cm³/mol. The first-order chi connectivity index (χ1) is 7.22. The molecule has 1 aliphatic rings. The molecule has 0 saturated heterocycles. The molecule has 0 aliphatic heterocycles. The van der Waals surface area contributed by atoms with Crippen molar-refractivity contribution in [3.8, 4) is 0 Å². The standard InChI is InChI=1S/C13H18O2/c1-2-13(14)8-12(9-13)15-10-11-6-4-3-5-7-11/h3-7,12,14H,2,8-10H2,1H3. The zero-order valence-corrected chi connectivity index (χ0v) is 9.15. The van der Waals surface area contributed by atoms with Gasteiger partial charge >= 0.3 is 0 Å². The quantitative estimate of drug-likeness (QED) is 0.820. The van der Waals surface area contributed by atoms with Gasteiger partial charge in [-0.15, -0.1) is 0 Å². The highest BCUT2D eigenvalue weighted by molar-refractivity contribution is 5.13. The lowest BCUT2D eigenvalue weighted by Crippen LogP contribution is -2.47. The molecule has 15 heavy (non-hydrogen) atoms. The first-order valence-corrected chi connectivity index (χ1v) is 5.60. The predicted octanol–water partition coefficient (Wildman–Crippen LogP) is 2.51. The van der Waals surface area contributed by atoms with Crippen molar-refractivity contribution in [1.29, 1.82) is 0 Å². The minimum absolute atomic E-state index is 0.246.